The van der Waals surface area contributed by atoms with Gasteiger partial charge in [0.05, 0.1) is 23.3 Å². The minimum absolute atomic E-state index is 0.0951. The molecule has 2 aliphatic rings. The molecule has 1 heterocycles. The van der Waals surface area contributed by atoms with Crippen LogP contribution in [0.4, 0.5) is 0 Å². The number of hydrogen-bond acceptors (Lipinski definition) is 7. The van der Waals surface area contributed by atoms with Gasteiger partial charge >= 0.3 is 0 Å². The zero-order valence-corrected chi connectivity index (χ0v) is 24.1. The van der Waals surface area contributed by atoms with Crippen molar-refractivity contribution in [3.05, 3.63) is 69.3 Å². The van der Waals surface area contributed by atoms with Crippen molar-refractivity contribution in [1.82, 2.24) is 10.2 Å². The lowest BCUT2D eigenvalue weighted by atomic mass is 9.87. The number of carbonyl (C=O) groups excluding carboxylic acids is 2. The second-order valence-corrected chi connectivity index (χ2v) is 10.7. The molecule has 39 heavy (non-hydrogen) atoms. The summed E-state index contributed by atoms with van der Waals surface area (Å²) in [6.07, 6.45) is 1.07. The van der Waals surface area contributed by atoms with Gasteiger partial charge in [-0.1, -0.05) is 30.3 Å². The number of methoxy groups -OCH3 is 1. The Labute approximate surface area is 242 Å². The predicted molar refractivity (Wildman–Crippen MR) is 154 cm³/mol. The van der Waals surface area contributed by atoms with Crippen LogP contribution in [-0.4, -0.2) is 84.7 Å². The van der Waals surface area contributed by atoms with Crippen LogP contribution >= 0.6 is 22.6 Å². The van der Waals surface area contributed by atoms with Gasteiger partial charge in [0.2, 0.25) is 5.91 Å². The molecule has 2 aromatic rings. The average molecular weight is 651 g/mol. The predicted octanol–water partition coefficient (Wildman–Crippen LogP) is 2.47. The first-order chi connectivity index (χ1) is 18.9. The Morgan fingerprint density at radius 2 is 1.90 bits per heavy atom. The van der Waals surface area contributed by atoms with E-state index in [0.29, 0.717) is 37.3 Å². The monoisotopic (exact) mass is 650 g/mol. The van der Waals surface area contributed by atoms with E-state index in [1.165, 1.54) is 0 Å². The van der Waals surface area contributed by atoms with Crippen LogP contribution < -0.4 is 14.8 Å². The van der Waals surface area contributed by atoms with Crippen LogP contribution in [0.5, 0.6) is 11.5 Å². The molecule has 1 saturated heterocycles. The first-order valence-corrected chi connectivity index (χ1v) is 14.2. The molecule has 1 aliphatic carbocycles. The molecular weight excluding hydrogens is 615 g/mol. The SMILES string of the molecule is COc1ccccc1CCN(C(=O)C1CCCO1)[C@@H]1CC(C(=O)NCCO)=C[C@H](Oc2ccccc2I)[C@H]1O. The fourth-order valence-corrected chi connectivity index (χ4v) is 5.53. The van der Waals surface area contributed by atoms with Crippen LogP contribution in [0.3, 0.4) is 0 Å². The van der Waals surface area contributed by atoms with E-state index in [2.05, 4.69) is 27.9 Å². The normalized spacial score (nSPS) is 22.6. The molecule has 0 spiro atoms. The molecule has 2 aromatic carbocycles. The summed E-state index contributed by atoms with van der Waals surface area (Å²) < 4.78 is 18.3. The number of hydrogen-bond donors (Lipinski definition) is 3. The third kappa shape index (κ3) is 7.30. The number of carbonyl (C=O) groups is 2. The maximum absolute atomic E-state index is 13.8. The summed E-state index contributed by atoms with van der Waals surface area (Å²) >= 11 is 2.15. The van der Waals surface area contributed by atoms with E-state index >= 15 is 0 Å². The molecule has 3 N–H and O–H groups in total. The summed E-state index contributed by atoms with van der Waals surface area (Å²) in [6, 6.07) is 14.3. The van der Waals surface area contributed by atoms with Gasteiger partial charge in [-0.25, -0.2) is 0 Å². The maximum Gasteiger partial charge on any atom is 0.252 e. The van der Waals surface area contributed by atoms with Crippen molar-refractivity contribution in [3.63, 3.8) is 0 Å². The van der Waals surface area contributed by atoms with Gasteiger partial charge in [-0.15, -0.1) is 0 Å². The number of halogens is 1. The zero-order chi connectivity index (χ0) is 27.8. The number of amides is 2. The van der Waals surface area contributed by atoms with Crippen molar-refractivity contribution in [2.24, 2.45) is 0 Å². The number of para-hydroxylation sites is 2. The Bertz CT molecular complexity index is 1170. The topological polar surface area (TPSA) is 118 Å². The fourth-order valence-electron chi connectivity index (χ4n) is 5.01. The van der Waals surface area contributed by atoms with E-state index in [0.717, 1.165) is 21.3 Å². The molecular formula is C29H35IN2O7. The highest BCUT2D eigenvalue weighted by atomic mass is 127. The highest BCUT2D eigenvalue weighted by molar-refractivity contribution is 14.1. The molecule has 4 atom stereocenters. The number of aliphatic hydroxyl groups excluding tert-OH is 2. The number of nitrogens with one attached hydrogen (secondary N) is 1. The number of rotatable bonds is 11. The molecule has 1 fully saturated rings. The van der Waals surface area contributed by atoms with Crippen LogP contribution in [0.25, 0.3) is 0 Å². The molecule has 0 aromatic heterocycles. The van der Waals surface area contributed by atoms with Crippen LogP contribution in [0.15, 0.2) is 60.2 Å². The quantitative estimate of drug-likeness (QED) is 0.320. The summed E-state index contributed by atoms with van der Waals surface area (Å²) in [5, 5.41) is 23.5. The number of aliphatic hydroxyl groups is 2. The third-order valence-electron chi connectivity index (χ3n) is 7.02. The Morgan fingerprint density at radius 1 is 1.15 bits per heavy atom. The average Bonchev–Trinajstić information content (AvgIpc) is 3.50. The van der Waals surface area contributed by atoms with Gasteiger partial charge in [-0.3, -0.25) is 9.59 Å². The van der Waals surface area contributed by atoms with Crippen molar-refractivity contribution < 1.29 is 34.0 Å². The molecule has 0 bridgehead atoms. The van der Waals surface area contributed by atoms with Gasteiger partial charge < -0.3 is 34.6 Å². The fraction of sp³-hybridized carbons (Fsp3) is 0.448. The lowest BCUT2D eigenvalue weighted by molar-refractivity contribution is -0.148. The van der Waals surface area contributed by atoms with E-state index in [1.807, 2.05) is 42.5 Å². The van der Waals surface area contributed by atoms with E-state index in [9.17, 15) is 19.8 Å². The number of benzene rings is 2. The molecule has 0 saturated carbocycles. The van der Waals surface area contributed by atoms with E-state index < -0.39 is 24.4 Å². The van der Waals surface area contributed by atoms with E-state index in [-0.39, 0.29) is 31.4 Å². The number of nitrogens with zero attached hydrogens (tertiary/aromatic N) is 1. The summed E-state index contributed by atoms with van der Waals surface area (Å²) in [6.45, 7) is 0.701. The van der Waals surface area contributed by atoms with Gasteiger partial charge in [0.25, 0.3) is 5.91 Å². The van der Waals surface area contributed by atoms with Gasteiger partial charge in [-0.05, 0) is 71.7 Å². The summed E-state index contributed by atoms with van der Waals surface area (Å²) in [4.78, 5) is 28.5. The number of ether oxygens (including phenoxy) is 3. The Morgan fingerprint density at radius 3 is 2.59 bits per heavy atom. The largest absolute Gasteiger partial charge is 0.496 e. The molecule has 1 aliphatic heterocycles. The molecule has 210 valence electrons. The highest BCUT2D eigenvalue weighted by Gasteiger charge is 2.42. The zero-order valence-electron chi connectivity index (χ0n) is 21.9. The Kier molecular flexibility index (Phi) is 10.6. The maximum atomic E-state index is 13.8. The first-order valence-electron chi connectivity index (χ1n) is 13.2. The van der Waals surface area contributed by atoms with Crippen molar-refractivity contribution in [2.45, 2.75) is 50.0 Å². The van der Waals surface area contributed by atoms with Crippen molar-refractivity contribution in [2.75, 3.05) is 33.4 Å². The molecule has 4 rings (SSSR count). The Hall–Kier alpha value is -2.67. The second-order valence-electron chi connectivity index (χ2n) is 9.54. The van der Waals surface area contributed by atoms with Crippen LogP contribution in [0.2, 0.25) is 0 Å². The first kappa shape index (κ1) is 29.3. The van der Waals surface area contributed by atoms with Gasteiger partial charge in [0.1, 0.15) is 29.8 Å². The summed E-state index contributed by atoms with van der Waals surface area (Å²) in [5.74, 6) is 0.707. The van der Waals surface area contributed by atoms with Crippen LogP contribution in [-0.2, 0) is 20.7 Å². The summed E-state index contributed by atoms with van der Waals surface area (Å²) in [7, 11) is 1.61. The van der Waals surface area contributed by atoms with Crippen LogP contribution in [0.1, 0.15) is 24.8 Å². The van der Waals surface area contributed by atoms with Gasteiger partial charge in [0.15, 0.2) is 0 Å². The molecule has 10 heteroatoms. The van der Waals surface area contributed by atoms with E-state index in [1.54, 1.807) is 24.2 Å². The van der Waals surface area contributed by atoms with Crippen molar-refractivity contribution in [3.8, 4) is 11.5 Å². The van der Waals surface area contributed by atoms with E-state index in [4.69, 9.17) is 14.2 Å². The molecule has 1 unspecified atom stereocenters. The second kappa shape index (κ2) is 14.1. The molecule has 2 amide bonds. The summed E-state index contributed by atoms with van der Waals surface area (Å²) in [5.41, 5.74) is 1.32. The lowest BCUT2D eigenvalue weighted by Gasteiger charge is -2.41. The minimum Gasteiger partial charge on any atom is -0.496 e. The standard InChI is InChI=1S/C29H35IN2O7/c1-37-23-9-4-2-7-19(23)12-14-32(29(36)25-11-6-16-38-25)22-17-20(28(35)31-13-15-33)18-26(27(22)34)39-24-10-5-3-8-21(24)30/h2-5,7-10,18,22,25-27,33-34H,6,11-17H2,1H3,(H,31,35)/t22-,25?,26+,27+/m1/s1. The Balaban J connectivity index is 1.66. The van der Waals surface area contributed by atoms with Gasteiger partial charge in [0, 0.05) is 31.7 Å². The highest BCUT2D eigenvalue weighted by Crippen LogP contribution is 2.31. The van der Waals surface area contributed by atoms with Gasteiger partial charge in [-0.2, -0.15) is 0 Å². The minimum atomic E-state index is -1.10. The van der Waals surface area contributed by atoms with Crippen molar-refractivity contribution >= 4 is 34.4 Å². The smallest absolute Gasteiger partial charge is 0.252 e. The van der Waals surface area contributed by atoms with Crippen molar-refractivity contribution in [1.29, 1.82) is 0 Å². The molecule has 9 nitrogen and oxygen atoms in total. The molecule has 0 radical (unpaired) electrons. The van der Waals surface area contributed by atoms with Crippen LogP contribution in [0, 0.1) is 3.57 Å². The lowest BCUT2D eigenvalue weighted by Crippen LogP contribution is -2.57. The third-order valence-corrected chi connectivity index (χ3v) is 7.91.